The average Bonchev–Trinajstić information content (AvgIpc) is 2.24. The van der Waals surface area contributed by atoms with Crippen LogP contribution in [0, 0.1) is 0 Å². The molecule has 88 valence electrons. The number of rotatable bonds is 8. The number of esters is 1. The number of methoxy groups -OCH3 is 2. The molecule has 1 amide bonds. The van der Waals surface area contributed by atoms with Crippen LogP contribution >= 0.6 is 0 Å². The number of ether oxygens (including phenoxy) is 2. The minimum atomic E-state index is -0.276. The molecule has 0 heterocycles. The number of hydrogen-bond donors (Lipinski definition) is 1. The van der Waals surface area contributed by atoms with Crippen LogP contribution in [-0.4, -0.2) is 39.2 Å². The van der Waals surface area contributed by atoms with Crippen molar-refractivity contribution in [1.82, 2.24) is 5.32 Å². The first kappa shape index (κ1) is 13.9. The summed E-state index contributed by atoms with van der Waals surface area (Å²) in [6, 6.07) is 0. The topological polar surface area (TPSA) is 64.6 Å². The van der Waals surface area contributed by atoms with Gasteiger partial charge in [-0.25, -0.2) is 0 Å². The predicted octanol–water partition coefficient (Wildman–Crippen LogP) is 0.482. The SMILES string of the molecule is COCCCNC(=O)CCCC(=O)OC. The normalized spacial score (nSPS) is 9.73. The van der Waals surface area contributed by atoms with E-state index in [0.29, 0.717) is 32.4 Å². The Bertz CT molecular complexity index is 194. The minimum Gasteiger partial charge on any atom is -0.469 e. The van der Waals surface area contributed by atoms with Crippen molar-refractivity contribution in [2.45, 2.75) is 25.7 Å². The highest BCUT2D eigenvalue weighted by Gasteiger charge is 2.04. The van der Waals surface area contributed by atoms with Crippen molar-refractivity contribution in [2.24, 2.45) is 0 Å². The summed E-state index contributed by atoms with van der Waals surface area (Å²) in [6.45, 7) is 1.26. The van der Waals surface area contributed by atoms with Crippen molar-refractivity contribution in [3.05, 3.63) is 0 Å². The van der Waals surface area contributed by atoms with E-state index in [-0.39, 0.29) is 11.9 Å². The van der Waals surface area contributed by atoms with E-state index in [9.17, 15) is 9.59 Å². The maximum Gasteiger partial charge on any atom is 0.305 e. The van der Waals surface area contributed by atoms with Crippen LogP contribution in [0.1, 0.15) is 25.7 Å². The van der Waals surface area contributed by atoms with E-state index in [1.165, 1.54) is 7.11 Å². The fourth-order valence-electron chi connectivity index (χ4n) is 1.03. The van der Waals surface area contributed by atoms with Gasteiger partial charge < -0.3 is 14.8 Å². The fourth-order valence-corrected chi connectivity index (χ4v) is 1.03. The molecule has 5 nitrogen and oxygen atoms in total. The first-order chi connectivity index (χ1) is 7.20. The van der Waals surface area contributed by atoms with Crippen molar-refractivity contribution in [2.75, 3.05) is 27.4 Å². The Morgan fingerprint density at radius 3 is 2.47 bits per heavy atom. The molecule has 0 saturated heterocycles. The Labute approximate surface area is 90.1 Å². The van der Waals surface area contributed by atoms with Gasteiger partial charge >= 0.3 is 5.97 Å². The van der Waals surface area contributed by atoms with E-state index < -0.39 is 0 Å². The zero-order chi connectivity index (χ0) is 11.5. The standard InChI is InChI=1S/C10H19NO4/c1-14-8-4-7-11-9(12)5-3-6-10(13)15-2/h3-8H2,1-2H3,(H,11,12). The molecule has 0 aliphatic rings. The first-order valence-corrected chi connectivity index (χ1v) is 5.03. The molecule has 0 aliphatic heterocycles. The second-order valence-corrected chi connectivity index (χ2v) is 3.13. The van der Waals surface area contributed by atoms with Crippen molar-refractivity contribution in [1.29, 1.82) is 0 Å². The molecule has 0 rings (SSSR count). The number of carbonyl (C=O) groups excluding carboxylic acids is 2. The van der Waals surface area contributed by atoms with Crippen LogP contribution in [0.25, 0.3) is 0 Å². The molecule has 0 saturated carbocycles. The summed E-state index contributed by atoms with van der Waals surface area (Å²) in [7, 11) is 2.96. The minimum absolute atomic E-state index is 0.0324. The van der Waals surface area contributed by atoms with Gasteiger partial charge in [-0.2, -0.15) is 0 Å². The van der Waals surface area contributed by atoms with Crippen LogP contribution in [0.4, 0.5) is 0 Å². The van der Waals surface area contributed by atoms with Crippen LogP contribution in [0.5, 0.6) is 0 Å². The van der Waals surface area contributed by atoms with Gasteiger partial charge in [-0.05, 0) is 12.8 Å². The van der Waals surface area contributed by atoms with Crippen LogP contribution in [0.15, 0.2) is 0 Å². The number of nitrogens with one attached hydrogen (secondary N) is 1. The molecule has 0 bridgehead atoms. The lowest BCUT2D eigenvalue weighted by Gasteiger charge is -2.04. The number of hydrogen-bond acceptors (Lipinski definition) is 4. The highest BCUT2D eigenvalue weighted by Crippen LogP contribution is 1.96. The lowest BCUT2D eigenvalue weighted by molar-refractivity contribution is -0.140. The zero-order valence-electron chi connectivity index (χ0n) is 9.38. The molecule has 0 unspecified atom stereocenters. The third kappa shape index (κ3) is 9.21. The van der Waals surface area contributed by atoms with Gasteiger partial charge in [-0.15, -0.1) is 0 Å². The molecule has 0 aromatic carbocycles. The largest absolute Gasteiger partial charge is 0.469 e. The molecule has 0 atom stereocenters. The van der Waals surface area contributed by atoms with E-state index in [2.05, 4.69) is 10.1 Å². The smallest absolute Gasteiger partial charge is 0.305 e. The Hall–Kier alpha value is -1.10. The first-order valence-electron chi connectivity index (χ1n) is 5.03. The lowest BCUT2D eigenvalue weighted by Crippen LogP contribution is -2.25. The van der Waals surface area contributed by atoms with Gasteiger partial charge in [-0.1, -0.05) is 0 Å². The summed E-state index contributed by atoms with van der Waals surface area (Å²) < 4.78 is 9.30. The van der Waals surface area contributed by atoms with Gasteiger partial charge in [0, 0.05) is 33.1 Å². The van der Waals surface area contributed by atoms with Gasteiger partial charge in [0.15, 0.2) is 0 Å². The average molecular weight is 217 g/mol. The molecule has 0 spiro atoms. The zero-order valence-corrected chi connectivity index (χ0v) is 9.38. The fraction of sp³-hybridized carbons (Fsp3) is 0.800. The van der Waals surface area contributed by atoms with Gasteiger partial charge in [0.05, 0.1) is 7.11 Å². The summed E-state index contributed by atoms with van der Waals surface area (Å²) in [5.74, 6) is -0.308. The Morgan fingerprint density at radius 2 is 1.87 bits per heavy atom. The van der Waals surface area contributed by atoms with Crippen LogP contribution in [-0.2, 0) is 19.1 Å². The van der Waals surface area contributed by atoms with Crippen LogP contribution in [0.2, 0.25) is 0 Å². The van der Waals surface area contributed by atoms with Gasteiger partial charge in [-0.3, -0.25) is 9.59 Å². The van der Waals surface area contributed by atoms with Crippen molar-refractivity contribution in [3.63, 3.8) is 0 Å². The third-order valence-corrected chi connectivity index (χ3v) is 1.86. The Balaban J connectivity index is 3.29. The second-order valence-electron chi connectivity index (χ2n) is 3.13. The number of carbonyl (C=O) groups is 2. The van der Waals surface area contributed by atoms with E-state index in [0.717, 1.165) is 6.42 Å². The maximum atomic E-state index is 11.2. The highest BCUT2D eigenvalue weighted by atomic mass is 16.5. The molecule has 0 fully saturated rings. The van der Waals surface area contributed by atoms with Gasteiger partial charge in [0.25, 0.3) is 0 Å². The Kier molecular flexibility index (Phi) is 8.76. The lowest BCUT2D eigenvalue weighted by atomic mass is 10.2. The summed E-state index contributed by atoms with van der Waals surface area (Å²) in [5.41, 5.74) is 0. The second kappa shape index (κ2) is 9.45. The summed E-state index contributed by atoms with van der Waals surface area (Å²) in [4.78, 5) is 21.9. The summed E-state index contributed by atoms with van der Waals surface area (Å²) in [5, 5.41) is 2.74. The third-order valence-electron chi connectivity index (χ3n) is 1.86. The highest BCUT2D eigenvalue weighted by molar-refractivity contribution is 5.76. The van der Waals surface area contributed by atoms with Crippen molar-refractivity contribution < 1.29 is 19.1 Å². The van der Waals surface area contributed by atoms with Crippen molar-refractivity contribution in [3.8, 4) is 0 Å². The van der Waals surface area contributed by atoms with E-state index >= 15 is 0 Å². The molecular formula is C10H19NO4. The molecular weight excluding hydrogens is 198 g/mol. The summed E-state index contributed by atoms with van der Waals surface area (Å²) in [6.07, 6.45) is 1.99. The van der Waals surface area contributed by atoms with E-state index in [4.69, 9.17) is 4.74 Å². The monoisotopic (exact) mass is 217 g/mol. The molecule has 15 heavy (non-hydrogen) atoms. The molecule has 5 heteroatoms. The Morgan fingerprint density at radius 1 is 1.13 bits per heavy atom. The maximum absolute atomic E-state index is 11.2. The molecule has 0 aromatic rings. The molecule has 0 aromatic heterocycles. The summed E-state index contributed by atoms with van der Waals surface area (Å²) >= 11 is 0. The van der Waals surface area contributed by atoms with Crippen LogP contribution in [0.3, 0.4) is 0 Å². The van der Waals surface area contributed by atoms with Crippen LogP contribution < -0.4 is 5.32 Å². The van der Waals surface area contributed by atoms with Gasteiger partial charge in [0.2, 0.25) is 5.91 Å². The van der Waals surface area contributed by atoms with Crippen molar-refractivity contribution >= 4 is 11.9 Å². The number of amides is 1. The quantitative estimate of drug-likeness (QED) is 0.474. The predicted molar refractivity (Wildman–Crippen MR) is 55.4 cm³/mol. The van der Waals surface area contributed by atoms with Gasteiger partial charge in [0.1, 0.15) is 0 Å². The molecule has 0 radical (unpaired) electrons. The van der Waals surface area contributed by atoms with E-state index in [1.807, 2.05) is 0 Å². The molecule has 1 N–H and O–H groups in total. The van der Waals surface area contributed by atoms with E-state index in [1.54, 1.807) is 7.11 Å². The molecule has 0 aliphatic carbocycles.